The van der Waals surface area contributed by atoms with E-state index in [0.29, 0.717) is 17.3 Å². The van der Waals surface area contributed by atoms with Gasteiger partial charge in [0, 0.05) is 19.0 Å². The maximum Gasteiger partial charge on any atom is 0.274 e. The lowest BCUT2D eigenvalue weighted by Crippen LogP contribution is -2.41. The highest BCUT2D eigenvalue weighted by Gasteiger charge is 2.24. The maximum absolute atomic E-state index is 13.1. The molecular weight excluding hydrogens is 392 g/mol. The van der Waals surface area contributed by atoms with Gasteiger partial charge in [-0.05, 0) is 49.7 Å². The van der Waals surface area contributed by atoms with E-state index in [1.54, 1.807) is 32.4 Å². The molecule has 0 bridgehead atoms. The number of ether oxygens (including phenoxy) is 1. The molecule has 0 unspecified atom stereocenters. The monoisotopic (exact) mass is 420 g/mol. The molecule has 1 aliphatic heterocycles. The van der Waals surface area contributed by atoms with Crippen molar-refractivity contribution in [2.75, 3.05) is 26.7 Å². The van der Waals surface area contributed by atoms with Crippen LogP contribution in [0.25, 0.3) is 10.8 Å². The molecule has 2 aromatic carbocycles. The number of aryl methyl sites for hydroxylation is 1. The third-order valence-electron chi connectivity index (χ3n) is 5.96. The number of methoxy groups -OCH3 is 1. The minimum Gasteiger partial charge on any atom is -0.497 e. The van der Waals surface area contributed by atoms with Crippen molar-refractivity contribution < 1.29 is 9.53 Å². The number of likely N-dealkylation sites (tertiary alicyclic amines) is 1. The Morgan fingerprint density at radius 1 is 1.06 bits per heavy atom. The van der Waals surface area contributed by atoms with Crippen LogP contribution < -0.4 is 15.6 Å². The lowest BCUT2D eigenvalue weighted by Gasteiger charge is -2.35. The first kappa shape index (κ1) is 21.1. The molecule has 3 aromatic rings. The Bertz CT molecular complexity index is 1120. The van der Waals surface area contributed by atoms with Crippen LogP contribution in [0.3, 0.4) is 0 Å². The average Bonchev–Trinajstić information content (AvgIpc) is 2.82. The van der Waals surface area contributed by atoms with E-state index in [4.69, 9.17) is 4.74 Å². The van der Waals surface area contributed by atoms with E-state index >= 15 is 0 Å². The molecule has 0 saturated carbocycles. The van der Waals surface area contributed by atoms with E-state index in [9.17, 15) is 9.59 Å². The zero-order chi connectivity index (χ0) is 21.8. The van der Waals surface area contributed by atoms with Gasteiger partial charge in [0.05, 0.1) is 18.5 Å². The van der Waals surface area contributed by atoms with Gasteiger partial charge in [-0.1, -0.05) is 36.8 Å². The highest BCUT2D eigenvalue weighted by Crippen LogP contribution is 2.26. The number of benzene rings is 2. The fourth-order valence-electron chi connectivity index (χ4n) is 4.25. The first-order valence-corrected chi connectivity index (χ1v) is 10.7. The van der Waals surface area contributed by atoms with Crippen molar-refractivity contribution in [3.05, 3.63) is 70.1 Å². The number of hydrogen-bond acceptors (Lipinski definition) is 5. The summed E-state index contributed by atoms with van der Waals surface area (Å²) < 4.78 is 6.52. The van der Waals surface area contributed by atoms with Gasteiger partial charge in [0.1, 0.15) is 5.75 Å². The first-order valence-electron chi connectivity index (χ1n) is 10.7. The van der Waals surface area contributed by atoms with Gasteiger partial charge in [-0.3, -0.25) is 14.5 Å². The number of nitrogens with zero attached hydrogens (tertiary/aromatic N) is 3. The number of fused-ring (bicyclic) bond motifs is 1. The van der Waals surface area contributed by atoms with Crippen LogP contribution in [-0.2, 0) is 7.05 Å². The Hall–Kier alpha value is -3.19. The highest BCUT2D eigenvalue weighted by atomic mass is 16.5. The number of carbonyl (C=O) groups excluding carboxylic acids is 1. The Morgan fingerprint density at radius 2 is 1.74 bits per heavy atom. The number of aromatic nitrogens is 2. The Labute approximate surface area is 181 Å². The first-order chi connectivity index (χ1) is 15.1. The molecule has 1 amide bonds. The van der Waals surface area contributed by atoms with E-state index in [2.05, 4.69) is 27.4 Å². The van der Waals surface area contributed by atoms with Crippen molar-refractivity contribution in [1.29, 1.82) is 0 Å². The van der Waals surface area contributed by atoms with Gasteiger partial charge in [0.15, 0.2) is 5.69 Å². The topological polar surface area (TPSA) is 76.5 Å². The SMILES string of the molecule is COc1ccc([C@@H](CNC(=O)c2nn(C)c(=O)c3ccccc23)N2CCCCC2)cc1. The molecule has 4 rings (SSSR count). The van der Waals surface area contributed by atoms with Crippen molar-refractivity contribution in [3.8, 4) is 5.75 Å². The second kappa shape index (κ2) is 9.31. The molecule has 31 heavy (non-hydrogen) atoms. The summed E-state index contributed by atoms with van der Waals surface area (Å²) in [5.74, 6) is 0.536. The fraction of sp³-hybridized carbons (Fsp3) is 0.375. The normalized spacial score (nSPS) is 15.5. The van der Waals surface area contributed by atoms with Gasteiger partial charge in [0.2, 0.25) is 0 Å². The van der Waals surface area contributed by atoms with E-state index in [1.165, 1.54) is 11.1 Å². The van der Waals surface area contributed by atoms with Crippen molar-refractivity contribution >= 4 is 16.7 Å². The van der Waals surface area contributed by atoms with E-state index in [0.717, 1.165) is 37.2 Å². The van der Waals surface area contributed by atoms with Crippen molar-refractivity contribution in [3.63, 3.8) is 0 Å². The largest absolute Gasteiger partial charge is 0.497 e. The Morgan fingerprint density at radius 3 is 2.42 bits per heavy atom. The van der Waals surface area contributed by atoms with Gasteiger partial charge in [0.25, 0.3) is 11.5 Å². The number of amides is 1. The Balaban J connectivity index is 1.59. The number of piperidine rings is 1. The predicted molar refractivity (Wildman–Crippen MR) is 120 cm³/mol. The molecule has 0 aliphatic carbocycles. The molecule has 7 heteroatoms. The predicted octanol–water partition coefficient (Wildman–Crippen LogP) is 2.90. The average molecular weight is 421 g/mol. The molecule has 0 radical (unpaired) electrons. The zero-order valence-corrected chi connectivity index (χ0v) is 18.0. The van der Waals surface area contributed by atoms with Crippen LogP contribution in [0.15, 0.2) is 53.3 Å². The van der Waals surface area contributed by atoms with Crippen LogP contribution in [0.1, 0.15) is 41.4 Å². The molecule has 1 aromatic heterocycles. The molecule has 1 N–H and O–H groups in total. The third kappa shape index (κ3) is 4.46. The van der Waals surface area contributed by atoms with Crippen LogP contribution in [0.5, 0.6) is 5.75 Å². The smallest absolute Gasteiger partial charge is 0.274 e. The number of nitrogens with one attached hydrogen (secondary N) is 1. The van der Waals surface area contributed by atoms with Gasteiger partial charge < -0.3 is 10.1 Å². The second-order valence-corrected chi connectivity index (χ2v) is 7.92. The van der Waals surface area contributed by atoms with Crippen LogP contribution in [0, 0.1) is 0 Å². The summed E-state index contributed by atoms with van der Waals surface area (Å²) in [4.78, 5) is 27.9. The number of carbonyl (C=O) groups is 1. The molecule has 162 valence electrons. The molecular formula is C24H28N4O3. The lowest BCUT2D eigenvalue weighted by molar-refractivity contribution is 0.0919. The Kier molecular flexibility index (Phi) is 6.32. The maximum atomic E-state index is 13.1. The molecule has 0 spiro atoms. The van der Waals surface area contributed by atoms with Crippen molar-refractivity contribution in [2.24, 2.45) is 7.05 Å². The quantitative estimate of drug-likeness (QED) is 0.664. The summed E-state index contributed by atoms with van der Waals surface area (Å²) >= 11 is 0. The minimum atomic E-state index is -0.276. The minimum absolute atomic E-state index is 0.0638. The summed E-state index contributed by atoms with van der Waals surface area (Å²) in [5.41, 5.74) is 1.20. The molecule has 1 fully saturated rings. The summed E-state index contributed by atoms with van der Waals surface area (Å²) in [6, 6.07) is 15.2. The van der Waals surface area contributed by atoms with E-state index in [-0.39, 0.29) is 23.2 Å². The van der Waals surface area contributed by atoms with Gasteiger partial charge in [-0.15, -0.1) is 0 Å². The standard InChI is InChI=1S/C24H28N4O3/c1-27-24(30)20-9-5-4-8-19(20)22(26-27)23(29)25-16-21(28-14-6-3-7-15-28)17-10-12-18(31-2)13-11-17/h4-5,8-13,21H,3,6-7,14-16H2,1-2H3,(H,25,29)/t21-/m1/s1. The van der Waals surface area contributed by atoms with E-state index < -0.39 is 0 Å². The van der Waals surface area contributed by atoms with Crippen molar-refractivity contribution in [2.45, 2.75) is 25.3 Å². The third-order valence-corrected chi connectivity index (χ3v) is 5.96. The number of hydrogen-bond donors (Lipinski definition) is 1. The van der Waals surface area contributed by atoms with Gasteiger partial charge in [-0.25, -0.2) is 4.68 Å². The molecule has 1 saturated heterocycles. The van der Waals surface area contributed by atoms with Crippen LogP contribution >= 0.6 is 0 Å². The second-order valence-electron chi connectivity index (χ2n) is 7.92. The summed E-state index contributed by atoms with van der Waals surface area (Å²) in [6.07, 6.45) is 3.56. The van der Waals surface area contributed by atoms with Crippen LogP contribution in [0.2, 0.25) is 0 Å². The molecule has 2 heterocycles. The van der Waals surface area contributed by atoms with Crippen LogP contribution in [0.4, 0.5) is 0 Å². The van der Waals surface area contributed by atoms with Gasteiger partial charge in [-0.2, -0.15) is 5.10 Å². The molecule has 1 aliphatic rings. The summed E-state index contributed by atoms with van der Waals surface area (Å²) in [5, 5.41) is 8.39. The van der Waals surface area contributed by atoms with Crippen LogP contribution in [-0.4, -0.2) is 47.3 Å². The van der Waals surface area contributed by atoms with Crippen molar-refractivity contribution in [1.82, 2.24) is 20.0 Å². The molecule has 7 nitrogen and oxygen atoms in total. The van der Waals surface area contributed by atoms with Gasteiger partial charge >= 0.3 is 0 Å². The van der Waals surface area contributed by atoms with E-state index in [1.807, 2.05) is 18.2 Å². The number of rotatable bonds is 6. The summed E-state index contributed by atoms with van der Waals surface area (Å²) in [6.45, 7) is 2.48. The zero-order valence-electron chi connectivity index (χ0n) is 18.0. The fourth-order valence-corrected chi connectivity index (χ4v) is 4.25. The summed E-state index contributed by atoms with van der Waals surface area (Å²) in [7, 11) is 3.22. The molecule has 1 atom stereocenters. The highest BCUT2D eigenvalue weighted by molar-refractivity contribution is 6.04. The lowest BCUT2D eigenvalue weighted by atomic mass is 10.0.